The molecule has 0 aromatic carbocycles. The lowest BCUT2D eigenvalue weighted by molar-refractivity contribution is -0.225. The van der Waals surface area contributed by atoms with Gasteiger partial charge in [-0.1, -0.05) is 11.1 Å². The molecule has 8 unspecified atom stereocenters. The van der Waals surface area contributed by atoms with Crippen LogP contribution in [0.25, 0.3) is 0 Å². The second kappa shape index (κ2) is 19.9. The number of rotatable bonds is 15. The van der Waals surface area contributed by atoms with E-state index in [1.165, 1.54) is 35.1 Å². The second-order valence-electron chi connectivity index (χ2n) is 21.5. The second-order valence-corrected chi connectivity index (χ2v) is 21.5. The Kier molecular flexibility index (Phi) is 14.3. The molecule has 0 spiro atoms. The topological polar surface area (TPSA) is 125 Å². The van der Waals surface area contributed by atoms with Gasteiger partial charge in [-0.05, 0) is 208 Å². The molecule has 10 nitrogen and oxygen atoms in total. The number of allylic oxidation sites excluding steroid dienone is 2. The van der Waals surface area contributed by atoms with Gasteiger partial charge in [0.2, 0.25) is 0 Å². The van der Waals surface area contributed by atoms with Gasteiger partial charge in [0.1, 0.15) is 12.2 Å². The zero-order valence-corrected chi connectivity index (χ0v) is 37.3. The van der Waals surface area contributed by atoms with E-state index in [-0.39, 0.29) is 66.8 Å². The highest BCUT2D eigenvalue weighted by molar-refractivity contribution is 5.62. The average Bonchev–Trinajstić information content (AvgIpc) is 3.31. The van der Waals surface area contributed by atoms with Crippen molar-refractivity contribution >= 4 is 0 Å². The fraction of sp³-hybridized carbons (Fsp3) is 0.922. The lowest BCUT2D eigenvalue weighted by Crippen LogP contribution is -2.63. The van der Waals surface area contributed by atoms with Crippen molar-refractivity contribution in [1.82, 2.24) is 0 Å². The van der Waals surface area contributed by atoms with Crippen LogP contribution in [0.2, 0.25) is 0 Å². The maximum Gasteiger partial charge on any atom is 0.158 e. The minimum atomic E-state index is -1.38. The van der Waals surface area contributed by atoms with E-state index >= 15 is 0 Å². The van der Waals surface area contributed by atoms with Crippen molar-refractivity contribution < 1.29 is 48.5 Å². The van der Waals surface area contributed by atoms with E-state index in [1.54, 1.807) is 0 Å². The van der Waals surface area contributed by atoms with Crippen LogP contribution in [0.3, 0.4) is 0 Å². The van der Waals surface area contributed by atoms with Gasteiger partial charge >= 0.3 is 0 Å². The molecule has 0 radical (unpaired) electrons. The first-order chi connectivity index (χ1) is 29.9. The molecule has 10 rings (SSSR count). The summed E-state index contributed by atoms with van der Waals surface area (Å²) in [4.78, 5) is 0. The Labute approximate surface area is 366 Å². The molecule has 61 heavy (non-hydrogen) atoms. The summed E-state index contributed by atoms with van der Waals surface area (Å²) in [6.07, 6.45) is 25.2. The highest BCUT2D eigenvalue weighted by Gasteiger charge is 2.60. The van der Waals surface area contributed by atoms with Gasteiger partial charge in [0, 0.05) is 38.3 Å². The van der Waals surface area contributed by atoms with Gasteiger partial charge in [-0.15, -0.1) is 0 Å². The Bertz CT molecular complexity index is 1420. The van der Waals surface area contributed by atoms with Crippen molar-refractivity contribution in [2.75, 3.05) is 26.4 Å². The molecule has 9 fully saturated rings. The molecule has 0 aromatic rings. The normalized spacial score (nSPS) is 42.1. The minimum absolute atomic E-state index is 0.0305. The molecule has 10 aliphatic rings. The predicted octanol–water partition coefficient (Wildman–Crippen LogP) is 8.97. The van der Waals surface area contributed by atoms with Gasteiger partial charge in [0.05, 0.1) is 30.0 Å². The van der Waals surface area contributed by atoms with E-state index in [4.69, 9.17) is 33.2 Å². The van der Waals surface area contributed by atoms with Crippen molar-refractivity contribution in [3.8, 4) is 0 Å². The van der Waals surface area contributed by atoms with Gasteiger partial charge in [0.25, 0.3) is 0 Å². The Morgan fingerprint density at radius 1 is 0.508 bits per heavy atom. The summed E-state index contributed by atoms with van der Waals surface area (Å²) >= 11 is 0. The summed E-state index contributed by atoms with van der Waals surface area (Å²) < 4.78 is 43.8. The van der Waals surface area contributed by atoms with Crippen molar-refractivity contribution in [2.45, 2.75) is 234 Å². The summed E-state index contributed by atoms with van der Waals surface area (Å²) in [6, 6.07) is 0. The average molecular weight is 853 g/mol. The molecule has 8 atom stereocenters. The van der Waals surface area contributed by atoms with E-state index in [0.29, 0.717) is 12.0 Å². The molecule has 4 bridgehead atoms. The molecule has 344 valence electrons. The third-order valence-corrected chi connectivity index (χ3v) is 17.9. The predicted molar refractivity (Wildman–Crippen MR) is 230 cm³/mol. The maximum absolute atomic E-state index is 13.6. The van der Waals surface area contributed by atoms with Crippen LogP contribution in [0.5, 0.6) is 0 Å². The molecule has 0 amide bonds. The van der Waals surface area contributed by atoms with E-state index in [2.05, 4.69) is 0 Å². The first-order valence-electron chi connectivity index (χ1n) is 25.9. The van der Waals surface area contributed by atoms with Crippen LogP contribution in [-0.4, -0.2) is 103 Å². The van der Waals surface area contributed by atoms with Gasteiger partial charge in [0.15, 0.2) is 18.9 Å². The van der Waals surface area contributed by atoms with Crippen LogP contribution in [0.15, 0.2) is 22.3 Å². The van der Waals surface area contributed by atoms with Crippen LogP contribution in [0.4, 0.5) is 0 Å². The van der Waals surface area contributed by atoms with Crippen LogP contribution in [0, 0.1) is 35.5 Å². The lowest BCUT2D eigenvalue weighted by atomic mass is 9.49. The Hall–Kier alpha value is -0.920. The largest absolute Gasteiger partial charge is 0.390 e. The number of aliphatic hydroxyl groups is 3. The summed E-state index contributed by atoms with van der Waals surface area (Å²) in [6.45, 7) is 3.20. The molecule has 4 saturated heterocycles. The van der Waals surface area contributed by atoms with Crippen molar-refractivity contribution in [1.29, 1.82) is 0 Å². The Morgan fingerprint density at radius 3 is 1.49 bits per heavy atom. The highest BCUT2D eigenvalue weighted by Crippen LogP contribution is 2.64. The summed E-state index contributed by atoms with van der Waals surface area (Å²) in [5.41, 5.74) is 4.30. The molecule has 6 aliphatic carbocycles. The van der Waals surface area contributed by atoms with Gasteiger partial charge in [-0.25, -0.2) is 0 Å². The quantitative estimate of drug-likeness (QED) is 0.138. The molecule has 5 saturated carbocycles. The number of fused-ring (bicyclic) bond motifs is 4. The van der Waals surface area contributed by atoms with Crippen LogP contribution >= 0.6 is 0 Å². The van der Waals surface area contributed by atoms with Crippen molar-refractivity contribution in [3.63, 3.8) is 0 Å². The SMILES string of the molecule is OC(C(C1CCC(OC2CCCCO2)CC1)C1C2=C3CC(=C1C2)C3OC1CCCCO1)C(O)C(O)(C1CCC(CC2CCCCO2)CC1)C1CCC(OC2CCCCO2)CC1. The standard InChI is InChI=1S/C51H80O10/c52-48(50(53)51(54,34-17-13-32(14-18-34)29-38-9-1-5-25-55-38)35-19-23-37(24-20-35)60-44-11-3-7-27-57-44)46(33-15-21-36(22-16-33)59-43-10-2-6-26-56-43)47-39-30-40(47)42-31-41(39)49(42)61-45-12-4-8-28-58-45/h32-38,43-50,52-54H,1-31H2. The fourth-order valence-electron chi connectivity index (χ4n) is 14.4. The molecule has 0 aromatic heterocycles. The van der Waals surface area contributed by atoms with Crippen LogP contribution in [-0.2, 0) is 33.2 Å². The molecule has 3 N–H and O–H groups in total. The number of aliphatic hydroxyl groups excluding tert-OH is 2. The zero-order valence-electron chi connectivity index (χ0n) is 37.3. The molecular formula is C51H80O10. The first-order valence-corrected chi connectivity index (χ1v) is 25.9. The number of ether oxygens (including phenoxy) is 7. The van der Waals surface area contributed by atoms with Gasteiger partial charge in [-0.2, -0.15) is 0 Å². The van der Waals surface area contributed by atoms with Crippen LogP contribution < -0.4 is 0 Å². The van der Waals surface area contributed by atoms with Gasteiger partial charge < -0.3 is 48.5 Å². The van der Waals surface area contributed by atoms with Crippen molar-refractivity contribution in [3.05, 3.63) is 22.3 Å². The Morgan fingerprint density at radius 2 is 0.984 bits per heavy atom. The lowest BCUT2D eigenvalue weighted by Gasteiger charge is -2.59. The first kappa shape index (κ1) is 43.9. The third kappa shape index (κ3) is 9.40. The molecule has 10 heteroatoms. The van der Waals surface area contributed by atoms with E-state index < -0.39 is 17.8 Å². The smallest absolute Gasteiger partial charge is 0.158 e. The molecule has 4 aliphatic heterocycles. The third-order valence-electron chi connectivity index (χ3n) is 17.9. The highest BCUT2D eigenvalue weighted by atomic mass is 16.7. The summed E-state index contributed by atoms with van der Waals surface area (Å²) in [5.74, 6) is 0.617. The van der Waals surface area contributed by atoms with Crippen molar-refractivity contribution in [2.24, 2.45) is 35.5 Å². The van der Waals surface area contributed by atoms with Crippen LogP contribution in [0.1, 0.15) is 173 Å². The minimum Gasteiger partial charge on any atom is -0.390 e. The molecule has 4 heterocycles. The molecular weight excluding hydrogens is 773 g/mol. The van der Waals surface area contributed by atoms with E-state index in [9.17, 15) is 15.3 Å². The number of hydrogen-bond acceptors (Lipinski definition) is 10. The van der Waals surface area contributed by atoms with E-state index in [0.717, 1.165) is 187 Å². The maximum atomic E-state index is 13.6. The fourth-order valence-corrected chi connectivity index (χ4v) is 14.4. The Balaban J connectivity index is 0.887. The number of hydrogen-bond donors (Lipinski definition) is 3. The van der Waals surface area contributed by atoms with E-state index in [1.807, 2.05) is 0 Å². The monoisotopic (exact) mass is 853 g/mol. The zero-order chi connectivity index (χ0) is 41.3. The summed E-state index contributed by atoms with van der Waals surface area (Å²) in [7, 11) is 0. The van der Waals surface area contributed by atoms with Gasteiger partial charge in [-0.3, -0.25) is 0 Å². The summed E-state index contributed by atoms with van der Waals surface area (Å²) in [5, 5.41) is 39.7.